The molecule has 1 aliphatic heterocycles. The van der Waals surface area contributed by atoms with Gasteiger partial charge in [0.15, 0.2) is 17.2 Å². The summed E-state index contributed by atoms with van der Waals surface area (Å²) in [6.07, 6.45) is -2.85. The second kappa shape index (κ2) is 11.1. The fraction of sp³-hybridized carbons (Fsp3) is 0.192. The molecule has 3 aromatic rings. The predicted molar refractivity (Wildman–Crippen MR) is 126 cm³/mol. The molecule has 3 aromatic carbocycles. The lowest BCUT2D eigenvalue weighted by molar-refractivity contribution is -0.0435. The third-order valence-corrected chi connectivity index (χ3v) is 5.88. The van der Waals surface area contributed by atoms with E-state index < -0.39 is 41.2 Å². The number of carbonyl (C=O) groups is 3. The summed E-state index contributed by atoms with van der Waals surface area (Å²) in [6.45, 7) is -0.206. The van der Waals surface area contributed by atoms with Crippen molar-refractivity contribution >= 4 is 33.8 Å². The summed E-state index contributed by atoms with van der Waals surface area (Å²) in [7, 11) is 0. The topological polar surface area (TPSA) is 88.1 Å². The first kappa shape index (κ1) is 23.7. The van der Waals surface area contributed by atoms with Crippen molar-refractivity contribution in [1.82, 2.24) is 0 Å². The largest absolute Gasteiger partial charge is 0.459 e. The van der Waals surface area contributed by atoms with Crippen LogP contribution in [0.15, 0.2) is 91.0 Å². The molecule has 0 N–H and O–H groups in total. The van der Waals surface area contributed by atoms with Crippen molar-refractivity contribution in [3.63, 3.8) is 0 Å². The van der Waals surface area contributed by atoms with E-state index in [4.69, 9.17) is 18.9 Å². The van der Waals surface area contributed by atoms with Gasteiger partial charge in [0.1, 0.15) is 12.7 Å². The molecule has 0 radical (unpaired) electrons. The summed E-state index contributed by atoms with van der Waals surface area (Å²) in [5.41, 5.74) is 1.05. The Labute approximate surface area is 204 Å². The van der Waals surface area contributed by atoms with Gasteiger partial charge in [-0.15, -0.1) is 0 Å². The minimum absolute atomic E-state index is 0.206. The van der Waals surface area contributed by atoms with Crippen LogP contribution in [-0.4, -0.2) is 47.8 Å². The van der Waals surface area contributed by atoms with E-state index in [2.05, 4.69) is 15.9 Å². The van der Waals surface area contributed by atoms with E-state index in [1.165, 1.54) is 0 Å². The van der Waals surface area contributed by atoms with Crippen molar-refractivity contribution in [3.8, 4) is 0 Å². The number of benzene rings is 3. The molecule has 0 amide bonds. The first-order chi connectivity index (χ1) is 16.5. The second-order valence-corrected chi connectivity index (χ2v) is 8.36. The van der Waals surface area contributed by atoms with E-state index in [9.17, 15) is 14.4 Å². The van der Waals surface area contributed by atoms with Crippen LogP contribution < -0.4 is 0 Å². The molecule has 0 aliphatic carbocycles. The zero-order valence-electron chi connectivity index (χ0n) is 17.9. The van der Waals surface area contributed by atoms with Crippen LogP contribution in [0.3, 0.4) is 0 Å². The smallest absolute Gasteiger partial charge is 0.338 e. The summed E-state index contributed by atoms with van der Waals surface area (Å²) in [5, 5.41) is -0.783. The van der Waals surface area contributed by atoms with E-state index in [1.807, 2.05) is 0 Å². The zero-order valence-corrected chi connectivity index (χ0v) is 19.5. The molecule has 1 saturated heterocycles. The first-order valence-corrected chi connectivity index (χ1v) is 11.5. The highest BCUT2D eigenvalue weighted by molar-refractivity contribution is 9.09. The lowest BCUT2D eigenvalue weighted by Gasteiger charge is -2.23. The number of hydrogen-bond acceptors (Lipinski definition) is 7. The number of halogens is 1. The molecular weight excluding hydrogens is 504 g/mol. The minimum atomic E-state index is -1.02. The van der Waals surface area contributed by atoms with Gasteiger partial charge in [0.25, 0.3) is 0 Å². The van der Waals surface area contributed by atoms with Crippen LogP contribution in [0.4, 0.5) is 0 Å². The third kappa shape index (κ3) is 5.70. The number of ether oxygens (including phenoxy) is 4. The molecule has 174 valence electrons. The van der Waals surface area contributed by atoms with Gasteiger partial charge in [-0.05, 0) is 36.4 Å². The SMILES string of the molecule is O=C(OC[C@@H]1OC(Br)[C@H](OC(=O)c2ccccc2)[C@H]1OC(=O)c1ccccc1)c1ccccc1. The second-order valence-electron chi connectivity index (χ2n) is 7.46. The fourth-order valence-electron chi connectivity index (χ4n) is 3.43. The average molecular weight is 525 g/mol. The quantitative estimate of drug-likeness (QED) is 0.257. The third-order valence-electron chi connectivity index (χ3n) is 5.15. The Morgan fingerprint density at radius 3 is 1.53 bits per heavy atom. The van der Waals surface area contributed by atoms with E-state index >= 15 is 0 Å². The van der Waals surface area contributed by atoms with Crippen LogP contribution in [-0.2, 0) is 18.9 Å². The van der Waals surface area contributed by atoms with Crippen LogP contribution in [0.25, 0.3) is 0 Å². The molecule has 7 nitrogen and oxygen atoms in total. The summed E-state index contributed by atoms with van der Waals surface area (Å²) in [5.74, 6) is -1.76. The van der Waals surface area contributed by atoms with Gasteiger partial charge in [0.05, 0.1) is 16.7 Å². The summed E-state index contributed by atoms with van der Waals surface area (Å²) >= 11 is 3.35. The molecule has 4 rings (SSSR count). The standard InChI is InChI=1S/C26H21BrO7/c27-23-22(34-26(30)19-14-8-3-9-15-19)21(33-25(29)18-12-6-2-7-13-18)20(32-23)16-31-24(28)17-10-4-1-5-11-17/h1-15,20-23H,16H2/t20-,21-,22+,23?/m0/s1. The maximum absolute atomic E-state index is 12.8. The Morgan fingerprint density at radius 2 is 1.06 bits per heavy atom. The van der Waals surface area contributed by atoms with E-state index in [1.54, 1.807) is 91.0 Å². The maximum atomic E-state index is 12.8. The van der Waals surface area contributed by atoms with Crippen molar-refractivity contribution in [2.24, 2.45) is 0 Å². The molecule has 4 atom stereocenters. The van der Waals surface area contributed by atoms with Gasteiger partial charge in [0.2, 0.25) is 0 Å². The normalized spacial score (nSPS) is 21.4. The monoisotopic (exact) mass is 524 g/mol. The zero-order chi connectivity index (χ0) is 23.9. The van der Waals surface area contributed by atoms with Gasteiger partial charge >= 0.3 is 17.9 Å². The Kier molecular flexibility index (Phi) is 7.72. The molecule has 0 spiro atoms. The number of alkyl halides is 1. The van der Waals surface area contributed by atoms with Crippen LogP contribution in [0, 0.1) is 0 Å². The first-order valence-electron chi connectivity index (χ1n) is 10.6. The summed E-state index contributed by atoms with van der Waals surface area (Å²) in [6, 6.07) is 25.4. The molecule has 1 heterocycles. The Bertz CT molecular complexity index is 1120. The molecule has 1 fully saturated rings. The Hall–Kier alpha value is -3.49. The molecule has 0 saturated carbocycles. The number of carbonyl (C=O) groups excluding carboxylic acids is 3. The van der Waals surface area contributed by atoms with Crippen molar-refractivity contribution in [1.29, 1.82) is 0 Å². The van der Waals surface area contributed by atoms with Crippen molar-refractivity contribution < 1.29 is 33.3 Å². The lowest BCUT2D eigenvalue weighted by Crippen LogP contribution is -2.41. The molecule has 1 aliphatic rings. The van der Waals surface area contributed by atoms with Gasteiger partial charge in [-0.1, -0.05) is 70.5 Å². The Morgan fingerprint density at radius 1 is 0.647 bits per heavy atom. The molecule has 34 heavy (non-hydrogen) atoms. The molecular formula is C26H21BrO7. The van der Waals surface area contributed by atoms with E-state index in [0.29, 0.717) is 16.7 Å². The van der Waals surface area contributed by atoms with Crippen LogP contribution in [0.5, 0.6) is 0 Å². The van der Waals surface area contributed by atoms with Gasteiger partial charge in [-0.3, -0.25) is 0 Å². The molecule has 0 aromatic heterocycles. The van der Waals surface area contributed by atoms with E-state index in [0.717, 1.165) is 0 Å². The lowest BCUT2D eigenvalue weighted by atomic mass is 10.1. The molecule has 0 bridgehead atoms. The Balaban J connectivity index is 1.51. The highest BCUT2D eigenvalue weighted by Gasteiger charge is 2.49. The number of esters is 3. The predicted octanol–water partition coefficient (Wildman–Crippen LogP) is 4.41. The molecule has 8 heteroatoms. The minimum Gasteiger partial charge on any atom is -0.459 e. The number of hydrogen-bond donors (Lipinski definition) is 0. The maximum Gasteiger partial charge on any atom is 0.338 e. The number of rotatable bonds is 7. The summed E-state index contributed by atoms with van der Waals surface area (Å²) < 4.78 is 22.6. The summed E-state index contributed by atoms with van der Waals surface area (Å²) in [4.78, 5) is 37.8. The van der Waals surface area contributed by atoms with E-state index in [-0.39, 0.29) is 6.61 Å². The average Bonchev–Trinajstić information content (AvgIpc) is 3.17. The highest BCUT2D eigenvalue weighted by atomic mass is 79.9. The van der Waals surface area contributed by atoms with Crippen molar-refractivity contribution in [2.45, 2.75) is 23.3 Å². The van der Waals surface area contributed by atoms with Gasteiger partial charge in [-0.25, -0.2) is 14.4 Å². The molecule has 1 unspecified atom stereocenters. The van der Waals surface area contributed by atoms with Crippen LogP contribution in [0.1, 0.15) is 31.1 Å². The highest BCUT2D eigenvalue weighted by Crippen LogP contribution is 2.32. The van der Waals surface area contributed by atoms with Gasteiger partial charge < -0.3 is 18.9 Å². The van der Waals surface area contributed by atoms with Crippen molar-refractivity contribution in [3.05, 3.63) is 108 Å². The fourth-order valence-corrected chi connectivity index (χ4v) is 4.11. The van der Waals surface area contributed by atoms with Crippen molar-refractivity contribution in [2.75, 3.05) is 6.61 Å². The van der Waals surface area contributed by atoms with Crippen LogP contribution in [0.2, 0.25) is 0 Å². The van der Waals surface area contributed by atoms with Crippen LogP contribution >= 0.6 is 15.9 Å². The van der Waals surface area contributed by atoms with Gasteiger partial charge in [-0.2, -0.15) is 0 Å². The van der Waals surface area contributed by atoms with Gasteiger partial charge in [0, 0.05) is 0 Å².